The molecule has 1 fully saturated rings. The lowest BCUT2D eigenvalue weighted by molar-refractivity contribution is -0.128. The smallest absolute Gasteiger partial charge is 0.242 e. The van der Waals surface area contributed by atoms with Crippen LogP contribution in [0.2, 0.25) is 0 Å². The zero-order valence-corrected chi connectivity index (χ0v) is 11.7. The summed E-state index contributed by atoms with van der Waals surface area (Å²) in [4.78, 5) is 15.9. The Hall–Kier alpha value is -1.62. The third kappa shape index (κ3) is 3.70. The van der Waals surface area contributed by atoms with Crippen LogP contribution >= 0.6 is 0 Å². The van der Waals surface area contributed by atoms with Gasteiger partial charge in [0.15, 0.2) is 0 Å². The number of carbonyl (C=O) groups is 1. The van der Waals surface area contributed by atoms with Gasteiger partial charge in [-0.2, -0.15) is 0 Å². The molecule has 1 aliphatic heterocycles. The molecule has 1 aromatic rings. The summed E-state index contributed by atoms with van der Waals surface area (Å²) in [5, 5.41) is 0. The topological polar surface area (TPSA) is 49.6 Å². The van der Waals surface area contributed by atoms with Crippen LogP contribution in [0.4, 0.5) is 10.1 Å². The molecule has 0 spiro atoms. The second kappa shape index (κ2) is 7.24. The number of nitrogens with zero attached hydrogens (tertiary/aromatic N) is 2. The summed E-state index contributed by atoms with van der Waals surface area (Å²) >= 11 is 0. The fourth-order valence-corrected chi connectivity index (χ4v) is 2.50. The Morgan fingerprint density at radius 1 is 1.30 bits per heavy atom. The molecule has 1 saturated heterocycles. The van der Waals surface area contributed by atoms with Gasteiger partial charge in [-0.25, -0.2) is 4.39 Å². The molecule has 0 aromatic heterocycles. The number of hydrogen-bond acceptors (Lipinski definition) is 3. The van der Waals surface area contributed by atoms with Crippen molar-refractivity contribution in [1.82, 2.24) is 4.90 Å². The molecule has 0 radical (unpaired) electrons. The standard InChI is InChI=1S/C15H22FN3O/c16-13-6-1-2-7-14(13)19(11-5-8-17)12-15(20)18-9-3-4-10-18/h1-2,6-7H,3-5,8-12,17H2. The number of hydrogen-bond donors (Lipinski definition) is 1. The Labute approximate surface area is 119 Å². The summed E-state index contributed by atoms with van der Waals surface area (Å²) in [6, 6.07) is 6.57. The van der Waals surface area contributed by atoms with Gasteiger partial charge >= 0.3 is 0 Å². The van der Waals surface area contributed by atoms with E-state index in [0.717, 1.165) is 32.4 Å². The van der Waals surface area contributed by atoms with Gasteiger partial charge in [0.25, 0.3) is 0 Å². The lowest BCUT2D eigenvalue weighted by Crippen LogP contribution is -2.40. The maximum absolute atomic E-state index is 13.9. The number of para-hydroxylation sites is 1. The molecule has 0 aliphatic carbocycles. The van der Waals surface area contributed by atoms with Gasteiger partial charge in [-0.05, 0) is 37.9 Å². The van der Waals surface area contributed by atoms with Crippen LogP contribution < -0.4 is 10.6 Å². The van der Waals surface area contributed by atoms with Gasteiger partial charge in [0.2, 0.25) is 5.91 Å². The summed E-state index contributed by atoms with van der Waals surface area (Å²) in [5.74, 6) is -0.221. The zero-order chi connectivity index (χ0) is 14.4. The molecule has 1 aliphatic rings. The average molecular weight is 279 g/mol. The molecule has 0 unspecified atom stereocenters. The van der Waals surface area contributed by atoms with Crippen LogP contribution in [0.3, 0.4) is 0 Å². The molecule has 5 heteroatoms. The first-order valence-electron chi connectivity index (χ1n) is 7.19. The predicted molar refractivity (Wildman–Crippen MR) is 78.1 cm³/mol. The van der Waals surface area contributed by atoms with Gasteiger partial charge in [-0.3, -0.25) is 4.79 Å². The molecule has 4 nitrogen and oxygen atoms in total. The predicted octanol–water partition coefficient (Wildman–Crippen LogP) is 1.60. The van der Waals surface area contributed by atoms with Crippen molar-refractivity contribution in [2.75, 3.05) is 37.6 Å². The number of nitrogens with two attached hydrogens (primary N) is 1. The van der Waals surface area contributed by atoms with Gasteiger partial charge in [0, 0.05) is 19.6 Å². The van der Waals surface area contributed by atoms with Crippen LogP contribution in [0.1, 0.15) is 19.3 Å². The average Bonchev–Trinajstić information content (AvgIpc) is 2.98. The van der Waals surface area contributed by atoms with Crippen LogP contribution in [-0.4, -0.2) is 43.5 Å². The van der Waals surface area contributed by atoms with Gasteiger partial charge < -0.3 is 15.5 Å². The minimum atomic E-state index is -0.293. The third-order valence-electron chi connectivity index (χ3n) is 3.61. The van der Waals surface area contributed by atoms with Crippen molar-refractivity contribution in [3.8, 4) is 0 Å². The third-order valence-corrected chi connectivity index (χ3v) is 3.61. The first-order valence-corrected chi connectivity index (χ1v) is 7.19. The number of amides is 1. The Balaban J connectivity index is 2.07. The molecule has 20 heavy (non-hydrogen) atoms. The highest BCUT2D eigenvalue weighted by molar-refractivity contribution is 5.81. The largest absolute Gasteiger partial charge is 0.360 e. The summed E-state index contributed by atoms with van der Waals surface area (Å²) in [6.07, 6.45) is 2.87. The normalized spacial score (nSPS) is 14.6. The van der Waals surface area contributed by atoms with Gasteiger partial charge in [0.05, 0.1) is 12.2 Å². The lowest BCUT2D eigenvalue weighted by Gasteiger charge is -2.27. The maximum atomic E-state index is 13.9. The monoisotopic (exact) mass is 279 g/mol. The van der Waals surface area contributed by atoms with E-state index < -0.39 is 0 Å². The molecular weight excluding hydrogens is 257 g/mol. The number of benzene rings is 1. The van der Waals surface area contributed by atoms with Crippen molar-refractivity contribution in [3.05, 3.63) is 30.1 Å². The quantitative estimate of drug-likeness (QED) is 0.860. The number of likely N-dealkylation sites (tertiary alicyclic amines) is 1. The van der Waals surface area contributed by atoms with E-state index in [2.05, 4.69) is 0 Å². The Kier molecular flexibility index (Phi) is 5.35. The summed E-state index contributed by atoms with van der Waals surface area (Å²) < 4.78 is 13.9. The minimum absolute atomic E-state index is 0.0720. The summed E-state index contributed by atoms with van der Waals surface area (Å²) in [6.45, 7) is 2.99. The number of halogens is 1. The maximum Gasteiger partial charge on any atom is 0.242 e. The zero-order valence-electron chi connectivity index (χ0n) is 11.7. The second-order valence-electron chi connectivity index (χ2n) is 5.10. The SMILES string of the molecule is NCCCN(CC(=O)N1CCCC1)c1ccccc1F. The van der Waals surface area contributed by atoms with Crippen molar-refractivity contribution in [3.63, 3.8) is 0 Å². The highest BCUT2D eigenvalue weighted by Gasteiger charge is 2.21. The number of carbonyl (C=O) groups excluding carboxylic acids is 1. The van der Waals surface area contributed by atoms with Crippen LogP contribution in [0.25, 0.3) is 0 Å². The molecule has 0 bridgehead atoms. The molecular formula is C15H22FN3O. The minimum Gasteiger partial charge on any atom is -0.360 e. The molecule has 2 rings (SSSR count). The Bertz CT molecular complexity index is 446. The highest BCUT2D eigenvalue weighted by atomic mass is 19.1. The van der Waals surface area contributed by atoms with Crippen LogP contribution in [0, 0.1) is 5.82 Å². The first kappa shape index (κ1) is 14.8. The Morgan fingerprint density at radius 2 is 2.00 bits per heavy atom. The van der Waals surface area contributed by atoms with E-state index in [0.29, 0.717) is 18.8 Å². The van der Waals surface area contributed by atoms with Crippen molar-refractivity contribution in [2.24, 2.45) is 5.73 Å². The van der Waals surface area contributed by atoms with Crippen LogP contribution in [0.15, 0.2) is 24.3 Å². The van der Waals surface area contributed by atoms with Gasteiger partial charge in [-0.1, -0.05) is 12.1 Å². The molecule has 1 amide bonds. The van der Waals surface area contributed by atoms with Crippen LogP contribution in [0.5, 0.6) is 0 Å². The fraction of sp³-hybridized carbons (Fsp3) is 0.533. The van der Waals surface area contributed by atoms with Crippen molar-refractivity contribution >= 4 is 11.6 Å². The first-order chi connectivity index (χ1) is 9.72. The van der Waals surface area contributed by atoms with E-state index in [1.165, 1.54) is 6.07 Å². The van der Waals surface area contributed by atoms with E-state index in [4.69, 9.17) is 5.73 Å². The van der Waals surface area contributed by atoms with E-state index in [-0.39, 0.29) is 18.3 Å². The van der Waals surface area contributed by atoms with Gasteiger partial charge in [-0.15, -0.1) is 0 Å². The molecule has 0 atom stereocenters. The van der Waals surface area contributed by atoms with E-state index in [1.807, 2.05) is 4.90 Å². The lowest BCUT2D eigenvalue weighted by atomic mass is 10.2. The summed E-state index contributed by atoms with van der Waals surface area (Å²) in [7, 11) is 0. The van der Waals surface area contributed by atoms with Gasteiger partial charge in [0.1, 0.15) is 5.82 Å². The van der Waals surface area contributed by atoms with Crippen molar-refractivity contribution in [2.45, 2.75) is 19.3 Å². The molecule has 0 saturated carbocycles. The Morgan fingerprint density at radius 3 is 2.65 bits per heavy atom. The van der Waals surface area contributed by atoms with E-state index >= 15 is 0 Å². The van der Waals surface area contributed by atoms with Crippen molar-refractivity contribution < 1.29 is 9.18 Å². The van der Waals surface area contributed by atoms with Crippen LogP contribution in [-0.2, 0) is 4.79 Å². The molecule has 110 valence electrons. The highest BCUT2D eigenvalue weighted by Crippen LogP contribution is 2.19. The van der Waals surface area contributed by atoms with E-state index in [1.54, 1.807) is 23.1 Å². The van der Waals surface area contributed by atoms with E-state index in [9.17, 15) is 9.18 Å². The molecule has 1 aromatic carbocycles. The van der Waals surface area contributed by atoms with Crippen molar-refractivity contribution in [1.29, 1.82) is 0 Å². The summed E-state index contributed by atoms with van der Waals surface area (Å²) in [5.41, 5.74) is 6.01. The molecule has 1 heterocycles. The second-order valence-corrected chi connectivity index (χ2v) is 5.10. The number of anilines is 1. The fourth-order valence-electron chi connectivity index (χ4n) is 2.50. The number of rotatable bonds is 6. The molecule has 2 N–H and O–H groups in total.